The van der Waals surface area contributed by atoms with E-state index in [9.17, 15) is 13.2 Å². The lowest BCUT2D eigenvalue weighted by molar-refractivity contribution is 0.0635. The zero-order valence-corrected chi connectivity index (χ0v) is 13.7. The van der Waals surface area contributed by atoms with Gasteiger partial charge in [-0.15, -0.1) is 0 Å². The van der Waals surface area contributed by atoms with E-state index in [4.69, 9.17) is 21.5 Å². The molecular formula is C13H19ClN2O4S. The first-order valence-corrected chi connectivity index (χ1v) is 8.23. The second kappa shape index (κ2) is 7.22. The molecule has 0 aliphatic rings. The maximum absolute atomic E-state index is 12.5. The molecular weight excluding hydrogens is 316 g/mol. The van der Waals surface area contributed by atoms with Crippen LogP contribution < -0.4 is 5.14 Å². The molecule has 0 heterocycles. The molecule has 0 unspecified atom stereocenters. The quantitative estimate of drug-likeness (QED) is 0.853. The minimum atomic E-state index is -3.89. The fraction of sp³-hybridized carbons (Fsp3) is 0.462. The summed E-state index contributed by atoms with van der Waals surface area (Å²) >= 11 is 6.01. The Balaban J connectivity index is 3.21. The Bertz CT molecular complexity index is 617. The van der Waals surface area contributed by atoms with Crippen molar-refractivity contribution < 1.29 is 17.9 Å². The molecule has 0 saturated heterocycles. The van der Waals surface area contributed by atoms with Gasteiger partial charge in [-0.3, -0.25) is 4.79 Å². The van der Waals surface area contributed by atoms with Gasteiger partial charge in [0, 0.05) is 19.7 Å². The molecule has 0 radical (unpaired) electrons. The molecule has 0 aliphatic carbocycles. The monoisotopic (exact) mass is 334 g/mol. The Morgan fingerprint density at radius 3 is 2.52 bits per heavy atom. The fourth-order valence-corrected chi connectivity index (χ4v) is 2.52. The van der Waals surface area contributed by atoms with E-state index in [1.807, 2.05) is 13.8 Å². The molecule has 21 heavy (non-hydrogen) atoms. The van der Waals surface area contributed by atoms with E-state index in [0.717, 1.165) is 0 Å². The lowest BCUT2D eigenvalue weighted by Crippen LogP contribution is -2.39. The molecule has 1 amide bonds. The summed E-state index contributed by atoms with van der Waals surface area (Å²) in [5, 5.41) is 5.25. The van der Waals surface area contributed by atoms with Crippen LogP contribution in [-0.4, -0.2) is 45.5 Å². The highest BCUT2D eigenvalue weighted by Crippen LogP contribution is 2.22. The Morgan fingerprint density at radius 2 is 2.05 bits per heavy atom. The number of ether oxygens (including phenoxy) is 1. The van der Waals surface area contributed by atoms with E-state index in [-0.39, 0.29) is 27.4 Å². The maximum atomic E-state index is 12.5. The van der Waals surface area contributed by atoms with Crippen LogP contribution >= 0.6 is 11.6 Å². The van der Waals surface area contributed by atoms with E-state index < -0.39 is 10.0 Å². The van der Waals surface area contributed by atoms with Crippen molar-refractivity contribution in [2.45, 2.75) is 24.8 Å². The molecule has 0 atom stereocenters. The van der Waals surface area contributed by atoms with Gasteiger partial charge >= 0.3 is 0 Å². The van der Waals surface area contributed by atoms with Crippen LogP contribution in [-0.2, 0) is 14.8 Å². The van der Waals surface area contributed by atoms with Crippen molar-refractivity contribution in [2.75, 3.05) is 20.3 Å². The molecule has 1 rings (SSSR count). The Morgan fingerprint density at radius 1 is 1.43 bits per heavy atom. The fourth-order valence-electron chi connectivity index (χ4n) is 1.78. The number of nitrogens with zero attached hydrogens (tertiary/aromatic N) is 1. The third-order valence-electron chi connectivity index (χ3n) is 2.92. The molecule has 0 aliphatic heterocycles. The van der Waals surface area contributed by atoms with E-state index in [2.05, 4.69) is 0 Å². The number of rotatable bonds is 6. The first-order valence-electron chi connectivity index (χ1n) is 6.30. The highest BCUT2D eigenvalue weighted by molar-refractivity contribution is 7.89. The lowest BCUT2D eigenvalue weighted by Gasteiger charge is -2.27. The molecule has 0 fully saturated rings. The van der Waals surface area contributed by atoms with Gasteiger partial charge in [0.15, 0.2) is 0 Å². The first kappa shape index (κ1) is 17.9. The van der Waals surface area contributed by atoms with Crippen molar-refractivity contribution >= 4 is 27.5 Å². The van der Waals surface area contributed by atoms with Crippen LogP contribution in [0.25, 0.3) is 0 Å². The van der Waals surface area contributed by atoms with Gasteiger partial charge in [-0.25, -0.2) is 13.6 Å². The zero-order valence-electron chi connectivity index (χ0n) is 12.2. The van der Waals surface area contributed by atoms with Gasteiger partial charge < -0.3 is 9.64 Å². The number of benzene rings is 1. The highest BCUT2D eigenvalue weighted by Gasteiger charge is 2.22. The largest absolute Gasteiger partial charge is 0.383 e. The second-order valence-electron chi connectivity index (χ2n) is 4.77. The zero-order chi connectivity index (χ0) is 16.2. The second-order valence-corrected chi connectivity index (χ2v) is 6.74. The minimum absolute atomic E-state index is 0.0816. The number of primary sulfonamides is 1. The number of nitrogens with two attached hydrogens (primary N) is 1. The number of sulfonamides is 1. The van der Waals surface area contributed by atoms with E-state index in [1.54, 1.807) is 4.90 Å². The van der Waals surface area contributed by atoms with Crippen molar-refractivity contribution in [3.05, 3.63) is 28.8 Å². The third kappa shape index (κ3) is 4.67. The Kier molecular flexibility index (Phi) is 6.15. The number of carbonyl (C=O) groups excluding carboxylic acids is 1. The molecule has 6 nitrogen and oxygen atoms in total. The summed E-state index contributed by atoms with van der Waals surface area (Å²) in [5.41, 5.74) is 0.105. The van der Waals surface area contributed by atoms with Crippen LogP contribution in [0.2, 0.25) is 5.02 Å². The number of amides is 1. The lowest BCUT2D eigenvalue weighted by atomic mass is 10.1. The van der Waals surface area contributed by atoms with Crippen LogP contribution in [0.4, 0.5) is 0 Å². The van der Waals surface area contributed by atoms with Crippen LogP contribution in [0, 0.1) is 0 Å². The van der Waals surface area contributed by atoms with Crippen molar-refractivity contribution in [1.82, 2.24) is 4.90 Å². The molecule has 0 spiro atoms. The number of hydrogen-bond acceptors (Lipinski definition) is 4. The highest BCUT2D eigenvalue weighted by atomic mass is 35.5. The van der Waals surface area contributed by atoms with E-state index in [0.29, 0.717) is 13.2 Å². The number of halogens is 1. The number of carbonyl (C=O) groups is 1. The summed E-state index contributed by atoms with van der Waals surface area (Å²) in [4.78, 5) is 13.9. The summed E-state index contributed by atoms with van der Waals surface area (Å²) < 4.78 is 27.7. The van der Waals surface area contributed by atoms with Crippen LogP contribution in [0.3, 0.4) is 0 Å². The van der Waals surface area contributed by atoms with Crippen molar-refractivity contribution in [1.29, 1.82) is 0 Å². The van der Waals surface area contributed by atoms with E-state index >= 15 is 0 Å². The predicted octanol–water partition coefficient (Wildman–Crippen LogP) is 1.48. The van der Waals surface area contributed by atoms with Gasteiger partial charge in [0.2, 0.25) is 10.0 Å². The smallest absolute Gasteiger partial charge is 0.255 e. The first-order chi connectivity index (χ1) is 9.68. The van der Waals surface area contributed by atoms with Crippen molar-refractivity contribution in [3.8, 4) is 0 Å². The molecule has 1 aromatic rings. The normalized spacial score (nSPS) is 11.7. The van der Waals surface area contributed by atoms with Gasteiger partial charge in [0.05, 0.1) is 22.1 Å². The summed E-state index contributed by atoms with van der Waals surface area (Å²) in [7, 11) is -2.35. The van der Waals surface area contributed by atoms with Crippen molar-refractivity contribution in [3.63, 3.8) is 0 Å². The molecule has 8 heteroatoms. The summed E-state index contributed by atoms with van der Waals surface area (Å²) in [6, 6.07) is 3.73. The van der Waals surface area contributed by atoms with Crippen LogP contribution in [0.5, 0.6) is 0 Å². The van der Waals surface area contributed by atoms with Crippen LogP contribution in [0.15, 0.2) is 23.1 Å². The summed E-state index contributed by atoms with van der Waals surface area (Å²) in [6.07, 6.45) is 0. The molecule has 2 N–H and O–H groups in total. The van der Waals surface area contributed by atoms with Gasteiger partial charge in [0.1, 0.15) is 0 Å². The molecule has 1 aromatic carbocycles. The molecule has 0 bridgehead atoms. The van der Waals surface area contributed by atoms with Gasteiger partial charge in [-0.05, 0) is 32.0 Å². The predicted molar refractivity (Wildman–Crippen MR) is 80.9 cm³/mol. The summed E-state index contributed by atoms with van der Waals surface area (Å²) in [6.45, 7) is 4.45. The molecule has 0 aromatic heterocycles. The van der Waals surface area contributed by atoms with Gasteiger partial charge in [-0.1, -0.05) is 11.6 Å². The van der Waals surface area contributed by atoms with Gasteiger partial charge in [0.25, 0.3) is 5.91 Å². The average molecular weight is 335 g/mol. The van der Waals surface area contributed by atoms with Crippen molar-refractivity contribution in [2.24, 2.45) is 5.14 Å². The van der Waals surface area contributed by atoms with Gasteiger partial charge in [-0.2, -0.15) is 0 Å². The number of hydrogen-bond donors (Lipinski definition) is 1. The SMILES string of the molecule is COCCN(C(=O)c1cc(S(N)(=O)=O)ccc1Cl)C(C)C. The summed E-state index contributed by atoms with van der Waals surface area (Å²) in [5.74, 6) is -0.363. The van der Waals surface area contributed by atoms with Crippen LogP contribution in [0.1, 0.15) is 24.2 Å². The topological polar surface area (TPSA) is 89.7 Å². The standard InChI is InChI=1S/C13H19ClN2O4S/c1-9(2)16(6-7-20-3)13(17)11-8-10(21(15,18)19)4-5-12(11)14/h4-5,8-9H,6-7H2,1-3H3,(H2,15,18,19). The molecule has 0 saturated carbocycles. The number of methoxy groups -OCH3 is 1. The third-order valence-corrected chi connectivity index (χ3v) is 4.16. The van der Waals surface area contributed by atoms with E-state index in [1.165, 1.54) is 25.3 Å². The minimum Gasteiger partial charge on any atom is -0.383 e. The molecule has 118 valence electrons. The Labute approximate surface area is 129 Å². The average Bonchev–Trinajstić information content (AvgIpc) is 2.37. The Hall–Kier alpha value is -1.15. The maximum Gasteiger partial charge on any atom is 0.255 e.